The van der Waals surface area contributed by atoms with E-state index in [4.69, 9.17) is 21.7 Å². The van der Waals surface area contributed by atoms with Crippen LogP contribution in [0.3, 0.4) is 0 Å². The number of carbonyl (C=O) groups is 4. The number of thiophene rings is 1. The molecule has 0 saturated carbocycles. The summed E-state index contributed by atoms with van der Waals surface area (Å²) in [6, 6.07) is 27.8. The van der Waals surface area contributed by atoms with Crippen molar-refractivity contribution in [2.45, 2.75) is 110 Å². The molecule has 74 heavy (non-hydrogen) atoms. The van der Waals surface area contributed by atoms with Gasteiger partial charge in [0.25, 0.3) is 5.91 Å². The third-order valence-corrected chi connectivity index (χ3v) is 14.6. The van der Waals surface area contributed by atoms with Crippen molar-refractivity contribution in [2.75, 3.05) is 36.2 Å². The summed E-state index contributed by atoms with van der Waals surface area (Å²) in [7, 11) is 0. The van der Waals surface area contributed by atoms with Crippen LogP contribution in [-0.2, 0) is 36.6 Å². The Hall–Kier alpha value is -6.65. The molecule has 0 spiro atoms. The standard InChI is InChI=1S/C56H61F3N6O7S2/c1-35-25-29-74-48(35)39-12-10-36(11-13-39)33-61-50(68)46-31-43(66)34-63(46)51(69)49(54(2,3)4)62-47(67)24-28-71-26-8-7-9-27-72-44-22-17-38(18-23-44)37-14-19-41(20-15-37)65-53(73)64(52(70)55(65,5)6)42-21-16-40(32-60)45(30-42)56(57,58)59/h10-23,25,29-30,43,46,49,66H,7-9,24,26-28,31,33-34H2,1-6H3,(H,61,68)(H,62,67)/t43-,46+,49-/m1/s1. The number of β-amino-alcohol motifs (C(OH)–C–C–N with tert-alkyl or cyclic N) is 1. The van der Waals surface area contributed by atoms with Gasteiger partial charge in [-0.3, -0.25) is 24.1 Å². The molecule has 7 rings (SSSR count). The Morgan fingerprint density at radius 1 is 0.892 bits per heavy atom. The second-order valence-corrected chi connectivity index (χ2v) is 21.4. The van der Waals surface area contributed by atoms with Crippen molar-refractivity contribution in [1.82, 2.24) is 15.5 Å². The van der Waals surface area contributed by atoms with E-state index in [9.17, 15) is 42.7 Å². The van der Waals surface area contributed by atoms with Gasteiger partial charge in [0.1, 0.15) is 23.4 Å². The predicted octanol–water partition coefficient (Wildman–Crippen LogP) is 9.96. The van der Waals surface area contributed by atoms with Gasteiger partial charge in [-0.25, -0.2) is 0 Å². The number of nitrogens with one attached hydrogen (secondary N) is 2. The van der Waals surface area contributed by atoms with Gasteiger partial charge in [0.2, 0.25) is 17.7 Å². The number of aliphatic hydroxyl groups excluding tert-OH is 1. The van der Waals surface area contributed by atoms with Crippen LogP contribution in [0.5, 0.6) is 5.75 Å². The van der Waals surface area contributed by atoms with Gasteiger partial charge in [-0.05, 0) is 139 Å². The third kappa shape index (κ3) is 12.8. The van der Waals surface area contributed by atoms with Crippen molar-refractivity contribution in [1.29, 1.82) is 5.26 Å². The Morgan fingerprint density at radius 3 is 2.15 bits per heavy atom. The summed E-state index contributed by atoms with van der Waals surface area (Å²) in [4.78, 5) is 59.5. The number of hydrogen-bond donors (Lipinski definition) is 3. The number of halogens is 3. The van der Waals surface area contributed by atoms with Crippen molar-refractivity contribution in [3.8, 4) is 33.4 Å². The minimum atomic E-state index is -4.80. The van der Waals surface area contributed by atoms with Crippen LogP contribution in [0.4, 0.5) is 24.5 Å². The van der Waals surface area contributed by atoms with Crippen LogP contribution in [0.1, 0.15) is 89.0 Å². The first kappa shape index (κ1) is 55.1. The smallest absolute Gasteiger partial charge is 0.417 e. The highest BCUT2D eigenvalue weighted by Crippen LogP contribution is 2.40. The van der Waals surface area contributed by atoms with E-state index in [1.54, 1.807) is 48.3 Å². The van der Waals surface area contributed by atoms with E-state index in [-0.39, 0.29) is 55.2 Å². The highest BCUT2D eigenvalue weighted by molar-refractivity contribution is 7.81. The van der Waals surface area contributed by atoms with E-state index < -0.39 is 58.3 Å². The van der Waals surface area contributed by atoms with Gasteiger partial charge in [-0.2, -0.15) is 18.4 Å². The topological polar surface area (TPSA) is 165 Å². The van der Waals surface area contributed by atoms with Crippen LogP contribution < -0.4 is 25.2 Å². The van der Waals surface area contributed by atoms with Crippen LogP contribution in [0, 0.1) is 23.7 Å². The predicted molar refractivity (Wildman–Crippen MR) is 283 cm³/mol. The number of ether oxygens (including phenoxy) is 2. The molecule has 4 amide bonds. The summed E-state index contributed by atoms with van der Waals surface area (Å²) in [5.74, 6) is -0.952. The van der Waals surface area contributed by atoms with Crippen LogP contribution in [0.2, 0.25) is 0 Å². The van der Waals surface area contributed by atoms with E-state index in [2.05, 4.69) is 29.0 Å². The lowest BCUT2D eigenvalue weighted by molar-refractivity contribution is -0.144. The van der Waals surface area contributed by atoms with Gasteiger partial charge >= 0.3 is 6.18 Å². The zero-order valence-electron chi connectivity index (χ0n) is 42.3. The van der Waals surface area contributed by atoms with Crippen LogP contribution in [0.25, 0.3) is 21.6 Å². The fourth-order valence-electron chi connectivity index (χ4n) is 9.05. The molecule has 2 aliphatic rings. The number of unbranched alkanes of at least 4 members (excludes halogenated alkanes) is 2. The van der Waals surface area contributed by atoms with E-state index in [1.165, 1.54) is 21.4 Å². The lowest BCUT2D eigenvalue weighted by Gasteiger charge is -2.35. The van der Waals surface area contributed by atoms with E-state index in [0.717, 1.165) is 58.5 Å². The number of carbonyl (C=O) groups excluding carboxylic acids is 4. The fourth-order valence-corrected chi connectivity index (χ4v) is 10.5. The Morgan fingerprint density at radius 2 is 1.53 bits per heavy atom. The average Bonchev–Trinajstić information content (AvgIpc) is 4.03. The summed E-state index contributed by atoms with van der Waals surface area (Å²) in [6.07, 6.45) is -3.16. The van der Waals surface area contributed by atoms with Gasteiger partial charge in [0, 0.05) is 43.1 Å². The molecule has 0 unspecified atom stereocenters. The largest absolute Gasteiger partial charge is 0.494 e. The van der Waals surface area contributed by atoms with Gasteiger partial charge in [0.05, 0.1) is 42.2 Å². The second-order valence-electron chi connectivity index (χ2n) is 20.1. The van der Waals surface area contributed by atoms with Gasteiger partial charge < -0.3 is 35.0 Å². The molecule has 390 valence electrons. The number of aliphatic hydroxyl groups is 1. The maximum atomic E-state index is 14.0. The summed E-state index contributed by atoms with van der Waals surface area (Å²) in [5, 5.41) is 27.7. The molecule has 3 atom stereocenters. The molecule has 0 aliphatic carbocycles. The van der Waals surface area contributed by atoms with Gasteiger partial charge in [-0.1, -0.05) is 69.3 Å². The number of thiocarbonyl (C=S) groups is 1. The monoisotopic (exact) mass is 1050 g/mol. The molecule has 2 saturated heterocycles. The number of nitrogens with zero attached hydrogens (tertiary/aromatic N) is 4. The maximum Gasteiger partial charge on any atom is 0.417 e. The van der Waals surface area contributed by atoms with E-state index in [1.807, 2.05) is 81.4 Å². The zero-order valence-corrected chi connectivity index (χ0v) is 43.9. The van der Waals surface area contributed by atoms with Crippen LogP contribution in [0.15, 0.2) is 102 Å². The van der Waals surface area contributed by atoms with Crippen molar-refractivity contribution < 1.29 is 46.9 Å². The average molecular weight is 1050 g/mol. The van der Waals surface area contributed by atoms with E-state index >= 15 is 0 Å². The SMILES string of the molecule is Cc1ccsc1-c1ccc(CNC(=O)[C@@H]2C[C@@H](O)CN2C(=O)[C@@H](NC(=O)CCOCCCCCOc2ccc(-c3ccc(N4C(=S)N(c5ccc(C#N)c(C(F)(F)F)c5)C(=O)C4(C)C)cc3)cc2)C(C)(C)C)cc1. The molecule has 5 aromatic rings. The number of hydrogen-bond acceptors (Lipinski definition) is 10. The molecule has 3 heterocycles. The molecule has 18 heteroatoms. The summed E-state index contributed by atoms with van der Waals surface area (Å²) in [6.45, 7) is 12.3. The molecule has 2 fully saturated rings. The van der Waals surface area contributed by atoms with Crippen molar-refractivity contribution in [2.24, 2.45) is 5.41 Å². The number of aryl methyl sites for hydroxylation is 1. The normalized spacial score (nSPS) is 17.1. The zero-order chi connectivity index (χ0) is 53.5. The minimum absolute atomic E-state index is 0.0106. The first-order valence-corrected chi connectivity index (χ1v) is 25.8. The Labute approximate surface area is 439 Å². The fraction of sp³-hybridized carbons (Fsp3) is 0.393. The summed E-state index contributed by atoms with van der Waals surface area (Å²) < 4.78 is 53.0. The molecular weight excluding hydrogens is 990 g/mol. The molecule has 4 aromatic carbocycles. The van der Waals surface area contributed by atoms with Crippen molar-refractivity contribution in [3.63, 3.8) is 0 Å². The Balaban J connectivity index is 0.807. The summed E-state index contributed by atoms with van der Waals surface area (Å²) in [5.41, 5.74) is 1.91. The first-order chi connectivity index (χ1) is 35.1. The van der Waals surface area contributed by atoms with Crippen molar-refractivity contribution in [3.05, 3.63) is 125 Å². The van der Waals surface area contributed by atoms with Gasteiger partial charge in [0.15, 0.2) is 5.11 Å². The minimum Gasteiger partial charge on any atom is -0.494 e. The molecular formula is C56H61F3N6O7S2. The summed E-state index contributed by atoms with van der Waals surface area (Å²) >= 11 is 7.35. The number of rotatable bonds is 19. The van der Waals surface area contributed by atoms with Gasteiger partial charge in [-0.15, -0.1) is 11.3 Å². The molecule has 3 N–H and O–H groups in total. The number of anilines is 2. The quantitative estimate of drug-likeness (QED) is 0.0536. The Kier molecular flexibility index (Phi) is 17.3. The maximum absolute atomic E-state index is 14.0. The number of benzene rings is 4. The molecule has 13 nitrogen and oxygen atoms in total. The molecule has 0 bridgehead atoms. The number of likely N-dealkylation sites (tertiary alicyclic amines) is 1. The second kappa shape index (κ2) is 23.3. The Bertz CT molecular complexity index is 2880. The number of alkyl halides is 3. The van der Waals surface area contributed by atoms with E-state index in [0.29, 0.717) is 24.7 Å². The molecule has 2 aliphatic heterocycles. The molecule has 0 radical (unpaired) electrons. The van der Waals surface area contributed by atoms with Crippen molar-refractivity contribution >= 4 is 63.7 Å². The highest BCUT2D eigenvalue weighted by atomic mass is 32.1. The van der Waals surface area contributed by atoms with Crippen LogP contribution >= 0.6 is 23.6 Å². The number of nitriles is 1. The third-order valence-electron chi connectivity index (χ3n) is 13.2. The highest BCUT2D eigenvalue weighted by Gasteiger charge is 2.51. The first-order valence-electron chi connectivity index (χ1n) is 24.5. The number of amides is 4. The van der Waals surface area contributed by atoms with Crippen LogP contribution in [-0.4, -0.2) is 88.8 Å². The lowest BCUT2D eigenvalue weighted by atomic mass is 9.85. The molecule has 1 aromatic heterocycles. The lowest BCUT2D eigenvalue weighted by Crippen LogP contribution is -2.57.